The van der Waals surface area contributed by atoms with Crippen LogP contribution in [-0.2, 0) is 0 Å². The second-order valence-electron chi connectivity index (χ2n) is 13.1. The Bertz CT molecular complexity index is 1040. The molecular weight excluding hydrogens is 571 g/mol. The average molecular weight is 626 g/mol. The number of nitrogens with zero attached hydrogens (tertiary/aromatic N) is 5. The van der Waals surface area contributed by atoms with E-state index in [1.54, 1.807) is 0 Å². The van der Waals surface area contributed by atoms with Gasteiger partial charge < -0.3 is 14.9 Å². The van der Waals surface area contributed by atoms with Gasteiger partial charge in [-0.25, -0.2) is 12.9 Å². The quantitative estimate of drug-likeness (QED) is 0.320. The van der Waals surface area contributed by atoms with Crippen molar-refractivity contribution in [3.8, 4) is 0 Å². The van der Waals surface area contributed by atoms with Gasteiger partial charge in [-0.15, -0.1) is 0 Å². The van der Waals surface area contributed by atoms with E-state index in [2.05, 4.69) is 91.4 Å². The molecule has 0 spiro atoms. The van der Waals surface area contributed by atoms with Gasteiger partial charge in [0.05, 0.1) is 6.10 Å². The van der Waals surface area contributed by atoms with Gasteiger partial charge in [-0.05, 0) is 105 Å². The minimum Gasteiger partial charge on any atom is -0.390 e. The van der Waals surface area contributed by atoms with E-state index < -0.39 is 0 Å². The monoisotopic (exact) mass is 625 g/mol. The molecule has 5 rings (SSSR count). The van der Waals surface area contributed by atoms with Crippen LogP contribution in [0.4, 0.5) is 5.69 Å². The third-order valence-electron chi connectivity index (χ3n) is 9.38. The van der Waals surface area contributed by atoms with Crippen LogP contribution >= 0.6 is 24.1 Å². The van der Waals surface area contributed by atoms with Gasteiger partial charge in [0.2, 0.25) is 0 Å². The predicted octanol–water partition coefficient (Wildman–Crippen LogP) is 6.84. The first kappa shape index (κ1) is 33.1. The maximum absolute atomic E-state index is 11.4. The van der Waals surface area contributed by atoms with E-state index in [1.165, 1.54) is 80.6 Å². The summed E-state index contributed by atoms with van der Waals surface area (Å²) in [6.07, 6.45) is 11.4. The largest absolute Gasteiger partial charge is 0.390 e. The smallest absolute Gasteiger partial charge is 0.0813 e. The molecule has 1 aliphatic carbocycles. The van der Waals surface area contributed by atoms with Crippen molar-refractivity contribution in [3.05, 3.63) is 60.2 Å². The minimum absolute atomic E-state index is 0.374. The number of piperidine rings is 1. The summed E-state index contributed by atoms with van der Waals surface area (Å²) in [5.41, 5.74) is 2.71. The Morgan fingerprint density at radius 1 is 0.698 bits per heavy atom. The van der Waals surface area contributed by atoms with Crippen LogP contribution in [0.15, 0.2) is 59.5 Å². The molecule has 2 aromatic rings. The molecule has 8 heteroatoms. The van der Waals surface area contributed by atoms with Crippen molar-refractivity contribution in [2.45, 2.75) is 74.7 Å². The van der Waals surface area contributed by atoms with Crippen molar-refractivity contribution in [2.75, 3.05) is 77.9 Å². The van der Waals surface area contributed by atoms with Crippen molar-refractivity contribution in [3.63, 3.8) is 0 Å². The Balaban J connectivity index is 1.21. The second-order valence-corrected chi connectivity index (χ2v) is 15.5. The molecule has 1 unspecified atom stereocenters. The summed E-state index contributed by atoms with van der Waals surface area (Å²) in [6.45, 7) is 9.23. The summed E-state index contributed by atoms with van der Waals surface area (Å²) in [6, 6.07) is 19.9. The van der Waals surface area contributed by atoms with Crippen LogP contribution in [-0.4, -0.2) is 102 Å². The molecule has 2 aromatic carbocycles. The third kappa shape index (κ3) is 10.9. The van der Waals surface area contributed by atoms with Gasteiger partial charge in [0, 0.05) is 82.6 Å². The Kier molecular flexibility index (Phi) is 13.4. The van der Waals surface area contributed by atoms with Crippen LogP contribution in [0.2, 0.25) is 0 Å². The molecule has 3 aliphatic rings. The molecule has 0 radical (unpaired) electrons. The highest BCUT2D eigenvalue weighted by molar-refractivity contribution is 7.97. The van der Waals surface area contributed by atoms with Gasteiger partial charge >= 0.3 is 0 Å². The molecule has 0 amide bonds. The second kappa shape index (κ2) is 17.4. The van der Waals surface area contributed by atoms with E-state index >= 15 is 0 Å². The topological polar surface area (TPSA) is 36.4 Å². The van der Waals surface area contributed by atoms with Crippen molar-refractivity contribution in [1.82, 2.24) is 17.8 Å². The highest BCUT2D eigenvalue weighted by Gasteiger charge is 2.26. The van der Waals surface area contributed by atoms with Gasteiger partial charge in [0.25, 0.3) is 0 Å². The Hall–Kier alpha value is -1.26. The number of benzene rings is 2. The molecule has 1 N–H and O–H groups in total. The van der Waals surface area contributed by atoms with E-state index in [4.69, 9.17) is 0 Å². The van der Waals surface area contributed by atoms with Crippen molar-refractivity contribution in [2.24, 2.45) is 5.92 Å². The highest BCUT2D eigenvalue weighted by Crippen LogP contribution is 2.32. The van der Waals surface area contributed by atoms with E-state index in [0.717, 1.165) is 45.1 Å². The van der Waals surface area contributed by atoms with E-state index in [-0.39, 0.29) is 6.10 Å². The molecule has 43 heavy (non-hydrogen) atoms. The fraction of sp³-hybridized carbons (Fsp3) is 0.657. The zero-order valence-electron chi connectivity index (χ0n) is 26.7. The predicted molar refractivity (Wildman–Crippen MR) is 186 cm³/mol. The summed E-state index contributed by atoms with van der Waals surface area (Å²) in [5.74, 6) is 1.54. The summed E-state index contributed by atoms with van der Waals surface area (Å²) < 4.78 is 7.45. The standard InChI is InChI=1S/C35H55N5OS2/c1-36(2)33-15-17-35(18-16-33)42-39-23-9-21-37(27-30-11-5-3-6-12-30)22-10-24-40(29-34(41)28-39)43-38-25-19-32(20-26-38)31-13-7-4-8-14-31/h4,7-8,13-18,30,32,34,41H,3,5-6,9-12,19-29H2,1-2H3. The molecule has 0 aromatic heterocycles. The minimum atomic E-state index is -0.374. The van der Waals surface area contributed by atoms with Crippen LogP contribution in [0.5, 0.6) is 0 Å². The Morgan fingerprint density at radius 2 is 1.35 bits per heavy atom. The molecule has 2 heterocycles. The lowest BCUT2D eigenvalue weighted by Gasteiger charge is -2.36. The first-order valence-corrected chi connectivity index (χ1v) is 18.4. The lowest BCUT2D eigenvalue weighted by atomic mass is 9.89. The van der Waals surface area contributed by atoms with Gasteiger partial charge in [-0.2, -0.15) is 0 Å². The molecule has 1 atom stereocenters. The summed E-state index contributed by atoms with van der Waals surface area (Å²) in [7, 11) is 4.17. The number of β-amino-alcohol motifs (C(OH)–C–C–N with tert-alkyl or cyclic N) is 1. The maximum Gasteiger partial charge on any atom is 0.0813 e. The third-order valence-corrected chi connectivity index (χ3v) is 11.6. The first-order valence-electron chi connectivity index (χ1n) is 16.9. The molecule has 1 saturated carbocycles. The zero-order valence-corrected chi connectivity index (χ0v) is 28.3. The van der Waals surface area contributed by atoms with Crippen LogP contribution in [0.1, 0.15) is 69.3 Å². The molecular formula is C35H55N5OS2. The van der Waals surface area contributed by atoms with Crippen LogP contribution < -0.4 is 4.90 Å². The van der Waals surface area contributed by atoms with Crippen LogP contribution in [0, 0.1) is 5.92 Å². The van der Waals surface area contributed by atoms with Crippen LogP contribution in [0.3, 0.4) is 0 Å². The van der Waals surface area contributed by atoms with Crippen molar-refractivity contribution in [1.29, 1.82) is 0 Å². The van der Waals surface area contributed by atoms with Crippen molar-refractivity contribution < 1.29 is 5.11 Å². The summed E-state index contributed by atoms with van der Waals surface area (Å²) in [4.78, 5) is 6.17. The fourth-order valence-electron chi connectivity index (χ4n) is 6.95. The fourth-order valence-corrected chi connectivity index (χ4v) is 9.12. The molecule has 2 saturated heterocycles. The zero-order chi connectivity index (χ0) is 29.9. The highest BCUT2D eigenvalue weighted by atomic mass is 32.2. The molecule has 0 bridgehead atoms. The lowest BCUT2D eigenvalue weighted by Crippen LogP contribution is -2.41. The molecule has 3 fully saturated rings. The van der Waals surface area contributed by atoms with E-state index in [9.17, 15) is 5.11 Å². The molecule has 2 aliphatic heterocycles. The van der Waals surface area contributed by atoms with E-state index in [0.29, 0.717) is 19.0 Å². The number of hydrogen-bond donors (Lipinski definition) is 1. The van der Waals surface area contributed by atoms with Crippen LogP contribution in [0.25, 0.3) is 0 Å². The average Bonchev–Trinajstić information content (AvgIpc) is 3.02. The molecule has 238 valence electrons. The SMILES string of the molecule is CN(C)c1ccc(SN2CCCN(CC3CCCCC3)CCCN(SN3CCC(c4ccccc4)CC3)CC(O)C2)cc1. The number of aliphatic hydroxyl groups is 1. The number of aliphatic hydroxyl groups excluding tert-OH is 1. The van der Waals surface area contributed by atoms with Crippen molar-refractivity contribution >= 4 is 29.8 Å². The summed E-state index contributed by atoms with van der Waals surface area (Å²) in [5, 5.41) is 11.4. The lowest BCUT2D eigenvalue weighted by molar-refractivity contribution is 0.118. The van der Waals surface area contributed by atoms with E-state index in [1.807, 2.05) is 24.1 Å². The Morgan fingerprint density at radius 3 is 2.02 bits per heavy atom. The van der Waals surface area contributed by atoms with Gasteiger partial charge in [-0.1, -0.05) is 49.6 Å². The maximum atomic E-state index is 11.4. The number of anilines is 1. The van der Waals surface area contributed by atoms with Gasteiger partial charge in [0.15, 0.2) is 0 Å². The first-order chi connectivity index (χ1) is 21.0. The molecule has 6 nitrogen and oxygen atoms in total. The normalized spacial score (nSPS) is 23.9. The summed E-state index contributed by atoms with van der Waals surface area (Å²) >= 11 is 3.71. The number of rotatable bonds is 8. The Labute approximate surface area is 270 Å². The van der Waals surface area contributed by atoms with Gasteiger partial charge in [-0.3, -0.25) is 0 Å². The van der Waals surface area contributed by atoms with Gasteiger partial charge in [0.1, 0.15) is 0 Å². The number of hydrogen-bond acceptors (Lipinski definition) is 8.